The molecule has 10 nitrogen and oxygen atoms in total. The molecular weight excluding hydrogens is 799 g/mol. The number of phenols is 1. The van der Waals surface area contributed by atoms with E-state index in [0.29, 0.717) is 27.6 Å². The molecule has 0 aromatic heterocycles. The molecule has 2 heterocycles. The third-order valence-corrected chi connectivity index (χ3v) is 12.9. The zero-order chi connectivity index (χ0) is 40.5. The van der Waals surface area contributed by atoms with Crippen LogP contribution in [0.15, 0.2) is 127 Å². The van der Waals surface area contributed by atoms with Crippen LogP contribution in [-0.4, -0.2) is 40.9 Å². The summed E-state index contributed by atoms with van der Waals surface area (Å²) in [4.78, 5) is 60.7. The molecule has 9 rings (SSSR count). The van der Waals surface area contributed by atoms with E-state index in [0.717, 1.165) is 22.0 Å². The van der Waals surface area contributed by atoms with Crippen LogP contribution < -0.4 is 20.4 Å². The zero-order valence-electron chi connectivity index (χ0n) is 30.9. The predicted octanol–water partition coefficient (Wildman–Crippen LogP) is 9.29. The summed E-state index contributed by atoms with van der Waals surface area (Å²) >= 11 is 19.8. The lowest BCUT2D eigenvalue weighted by Gasteiger charge is -2.50. The summed E-state index contributed by atoms with van der Waals surface area (Å²) < 4.78 is 5.48. The molecule has 4 amide bonds. The van der Waals surface area contributed by atoms with E-state index < -0.39 is 46.8 Å². The number of rotatable bonds is 8. The topological polar surface area (TPSA) is 128 Å². The normalized spacial score (nSPS) is 24.9. The molecule has 1 saturated carbocycles. The Morgan fingerprint density at radius 3 is 2.17 bits per heavy atom. The highest BCUT2D eigenvalue weighted by Gasteiger charge is 2.70. The number of anilines is 4. The van der Waals surface area contributed by atoms with Crippen molar-refractivity contribution in [3.63, 3.8) is 0 Å². The molecule has 13 heteroatoms. The quantitative estimate of drug-likeness (QED) is 0.104. The number of amides is 4. The first-order chi connectivity index (χ1) is 28.0. The van der Waals surface area contributed by atoms with Crippen molar-refractivity contribution in [3.05, 3.63) is 153 Å². The Balaban J connectivity index is 1.16. The summed E-state index contributed by atoms with van der Waals surface area (Å²) in [6.07, 6.45) is 2.26. The fraction of sp³-hybridized carbons (Fsp3) is 0.200. The van der Waals surface area contributed by atoms with Crippen molar-refractivity contribution in [1.29, 1.82) is 0 Å². The van der Waals surface area contributed by atoms with Crippen molar-refractivity contribution in [3.8, 4) is 11.5 Å². The van der Waals surface area contributed by atoms with Gasteiger partial charge in [0, 0.05) is 27.3 Å². The van der Waals surface area contributed by atoms with Crippen LogP contribution in [0.4, 0.5) is 22.7 Å². The standard InChI is InChI=1S/C45H35Cl3N4O6/c1-58-30-15-7-24(8-16-30)45-35(42(55)52(44(45)57)50-38-20-9-25(46)21-37(38)48)23-34-31(40(45)32-17-14-29(53)22-36(32)47)18-19-33-39(34)43(56)51(41(33)54)28-12-10-27(11-13-28)49-26-5-3-2-4-6-26/h2-18,20-22,33-35,39-40,49-50,53H,19,23H2,1H3/t33-,34+,35-,39-,40+,45+/m0/s1. The van der Waals surface area contributed by atoms with E-state index in [1.165, 1.54) is 30.2 Å². The van der Waals surface area contributed by atoms with Gasteiger partial charge in [-0.2, -0.15) is 5.01 Å². The molecule has 6 atom stereocenters. The number of para-hydroxylation sites is 1. The Morgan fingerprint density at radius 2 is 1.48 bits per heavy atom. The minimum atomic E-state index is -1.60. The van der Waals surface area contributed by atoms with Gasteiger partial charge in [-0.25, -0.2) is 0 Å². The third-order valence-electron chi connectivity index (χ3n) is 12.1. The Kier molecular flexibility index (Phi) is 9.46. The number of nitrogens with one attached hydrogen (secondary N) is 2. The Labute approximate surface area is 348 Å². The van der Waals surface area contributed by atoms with E-state index in [1.807, 2.05) is 48.5 Å². The first-order valence-corrected chi connectivity index (χ1v) is 19.9. The van der Waals surface area contributed by atoms with Gasteiger partial charge >= 0.3 is 0 Å². The van der Waals surface area contributed by atoms with Crippen LogP contribution in [0.3, 0.4) is 0 Å². The summed E-state index contributed by atoms with van der Waals surface area (Å²) in [6.45, 7) is 0. The highest BCUT2D eigenvalue weighted by molar-refractivity contribution is 6.36. The molecule has 2 aliphatic carbocycles. The number of methoxy groups -OCH3 is 1. The molecular formula is C45H35Cl3N4O6. The van der Waals surface area contributed by atoms with Crippen molar-refractivity contribution < 1.29 is 29.0 Å². The van der Waals surface area contributed by atoms with Crippen molar-refractivity contribution >= 4 is 81.2 Å². The number of aromatic hydroxyl groups is 1. The fourth-order valence-electron chi connectivity index (χ4n) is 9.57. The lowest BCUT2D eigenvalue weighted by molar-refractivity contribution is -0.138. The second-order valence-electron chi connectivity index (χ2n) is 15.0. The Bertz CT molecular complexity index is 2530. The van der Waals surface area contributed by atoms with Crippen molar-refractivity contribution in [1.82, 2.24) is 5.01 Å². The van der Waals surface area contributed by atoms with E-state index in [9.17, 15) is 19.5 Å². The number of benzene rings is 5. The minimum Gasteiger partial charge on any atom is -0.508 e. The number of hydrogen-bond donors (Lipinski definition) is 3. The summed E-state index contributed by atoms with van der Waals surface area (Å²) in [5.41, 5.74) is 5.52. The summed E-state index contributed by atoms with van der Waals surface area (Å²) in [5, 5.41) is 15.6. The molecule has 0 unspecified atom stereocenters. The maximum Gasteiger partial charge on any atom is 0.260 e. The molecule has 292 valence electrons. The van der Waals surface area contributed by atoms with Crippen molar-refractivity contribution in [2.75, 3.05) is 22.8 Å². The molecule has 4 aliphatic rings. The molecule has 5 aromatic carbocycles. The summed E-state index contributed by atoms with van der Waals surface area (Å²) in [6, 6.07) is 33.0. The van der Waals surface area contributed by atoms with Crippen LogP contribution in [-0.2, 0) is 24.6 Å². The average Bonchev–Trinajstić information content (AvgIpc) is 3.60. The maximum atomic E-state index is 15.5. The maximum absolute atomic E-state index is 15.5. The Hall–Kier alpha value is -5.81. The van der Waals surface area contributed by atoms with Crippen molar-refractivity contribution in [2.24, 2.45) is 23.7 Å². The van der Waals surface area contributed by atoms with Crippen LogP contribution in [0, 0.1) is 23.7 Å². The minimum absolute atomic E-state index is 0.0785. The summed E-state index contributed by atoms with van der Waals surface area (Å²) in [7, 11) is 1.54. The van der Waals surface area contributed by atoms with Crippen LogP contribution in [0.5, 0.6) is 11.5 Å². The van der Waals surface area contributed by atoms with E-state index in [4.69, 9.17) is 39.5 Å². The first-order valence-electron chi connectivity index (χ1n) is 18.7. The van der Waals surface area contributed by atoms with Crippen LogP contribution >= 0.6 is 34.8 Å². The molecule has 0 spiro atoms. The number of halogens is 3. The number of hydrazine groups is 1. The van der Waals surface area contributed by atoms with E-state index >= 15 is 4.79 Å². The molecule has 3 N–H and O–H groups in total. The highest BCUT2D eigenvalue weighted by Crippen LogP contribution is 2.65. The number of fused-ring (bicyclic) bond motifs is 4. The van der Waals surface area contributed by atoms with Gasteiger partial charge in [-0.3, -0.25) is 29.5 Å². The second-order valence-corrected chi connectivity index (χ2v) is 16.2. The third kappa shape index (κ3) is 5.92. The summed E-state index contributed by atoms with van der Waals surface area (Å²) in [5.74, 6) is -5.41. The number of carbonyl (C=O) groups excluding carboxylic acids is 4. The predicted molar refractivity (Wildman–Crippen MR) is 222 cm³/mol. The number of ether oxygens (including phenoxy) is 1. The van der Waals surface area contributed by atoms with Gasteiger partial charge < -0.3 is 15.2 Å². The highest BCUT2D eigenvalue weighted by atomic mass is 35.5. The molecule has 58 heavy (non-hydrogen) atoms. The Morgan fingerprint density at radius 1 is 0.759 bits per heavy atom. The molecule has 2 aliphatic heterocycles. The number of carbonyl (C=O) groups is 4. The monoisotopic (exact) mass is 832 g/mol. The number of allylic oxidation sites excluding steroid dienone is 2. The molecule has 5 aromatic rings. The fourth-order valence-corrected chi connectivity index (χ4v) is 10.3. The van der Waals surface area contributed by atoms with Gasteiger partial charge in [0.2, 0.25) is 11.8 Å². The zero-order valence-corrected chi connectivity index (χ0v) is 33.1. The molecule has 0 bridgehead atoms. The smallest absolute Gasteiger partial charge is 0.260 e. The number of phenolic OH excluding ortho intramolecular Hbond substituents is 1. The number of hydrogen-bond acceptors (Lipinski definition) is 8. The number of nitrogens with zero attached hydrogens (tertiary/aromatic N) is 2. The van der Waals surface area contributed by atoms with Gasteiger partial charge in [0.1, 0.15) is 11.5 Å². The molecule has 0 radical (unpaired) electrons. The van der Waals surface area contributed by atoms with Crippen LogP contribution in [0.2, 0.25) is 15.1 Å². The SMILES string of the molecule is COc1ccc([C@@]23C(=O)N(Nc4ccc(Cl)cc4Cl)C(=O)[C@@H]2C[C@@H]2C(=CC[C@@H]4C(=O)N(c5ccc(Nc6ccccc6)cc5)C(=O)[C@@H]42)[C@@H]3c2ccc(O)cc2Cl)cc1. The van der Waals surface area contributed by atoms with Gasteiger partial charge in [0.15, 0.2) is 0 Å². The van der Waals surface area contributed by atoms with Gasteiger partial charge in [-0.15, -0.1) is 0 Å². The molecule has 2 saturated heterocycles. The van der Waals surface area contributed by atoms with Gasteiger partial charge in [-0.05, 0) is 109 Å². The van der Waals surface area contributed by atoms with Gasteiger partial charge in [-0.1, -0.05) is 82.9 Å². The van der Waals surface area contributed by atoms with Crippen LogP contribution in [0.25, 0.3) is 0 Å². The average molecular weight is 834 g/mol. The second kappa shape index (κ2) is 14.5. The van der Waals surface area contributed by atoms with Gasteiger partial charge in [0.05, 0.1) is 46.7 Å². The first kappa shape index (κ1) is 37.7. The van der Waals surface area contributed by atoms with E-state index in [2.05, 4.69) is 10.7 Å². The number of imide groups is 2. The van der Waals surface area contributed by atoms with Crippen molar-refractivity contribution in [2.45, 2.75) is 24.2 Å². The van der Waals surface area contributed by atoms with E-state index in [1.54, 1.807) is 54.6 Å². The van der Waals surface area contributed by atoms with Crippen LogP contribution in [0.1, 0.15) is 29.9 Å². The van der Waals surface area contributed by atoms with Gasteiger partial charge in [0.25, 0.3) is 11.8 Å². The lowest BCUT2D eigenvalue weighted by Crippen LogP contribution is -2.53. The van der Waals surface area contributed by atoms with E-state index in [-0.39, 0.29) is 46.1 Å². The lowest BCUT2D eigenvalue weighted by atomic mass is 9.49. The largest absolute Gasteiger partial charge is 0.508 e. The molecule has 3 fully saturated rings.